The number of hydrogen-bond acceptors (Lipinski definition) is 4. The number of aromatic nitrogens is 1. The Morgan fingerprint density at radius 2 is 2.07 bits per heavy atom. The van der Waals surface area contributed by atoms with Crippen molar-refractivity contribution in [2.75, 3.05) is 18.9 Å². The average Bonchev–Trinajstić information content (AvgIpc) is 3.06. The zero-order valence-electron chi connectivity index (χ0n) is 16.5. The van der Waals surface area contributed by atoms with Gasteiger partial charge in [0.05, 0.1) is 5.56 Å². The van der Waals surface area contributed by atoms with E-state index in [1.807, 2.05) is 24.3 Å². The number of nitriles is 1. The molecule has 0 radical (unpaired) electrons. The fraction of sp³-hybridized carbons (Fsp3) is 0.409. The maximum Gasteiger partial charge on any atom is 0.270 e. The van der Waals surface area contributed by atoms with E-state index in [0.717, 1.165) is 44.3 Å². The van der Waals surface area contributed by atoms with E-state index in [9.17, 15) is 9.59 Å². The van der Waals surface area contributed by atoms with Gasteiger partial charge in [0.25, 0.3) is 11.8 Å². The third-order valence-electron chi connectivity index (χ3n) is 5.91. The van der Waals surface area contributed by atoms with Gasteiger partial charge in [0.2, 0.25) is 0 Å². The first-order valence-corrected chi connectivity index (χ1v) is 10.1. The Hall–Kier alpha value is -3.27. The van der Waals surface area contributed by atoms with Crippen molar-refractivity contribution in [3.05, 3.63) is 52.8 Å². The van der Waals surface area contributed by atoms with Crippen molar-refractivity contribution in [1.29, 1.82) is 5.26 Å². The molecule has 0 atom stereocenters. The first-order chi connectivity index (χ1) is 14.0. The molecule has 1 saturated carbocycles. The summed E-state index contributed by atoms with van der Waals surface area (Å²) in [5, 5.41) is 15.4. The number of H-pyrrole nitrogens is 1. The van der Waals surface area contributed by atoms with Crippen molar-refractivity contribution >= 4 is 17.5 Å². The molecule has 0 unspecified atom stereocenters. The molecule has 2 heterocycles. The third-order valence-corrected chi connectivity index (χ3v) is 5.91. The van der Waals surface area contributed by atoms with Gasteiger partial charge in [-0.2, -0.15) is 5.26 Å². The van der Waals surface area contributed by atoms with E-state index >= 15 is 0 Å². The number of rotatable bonds is 4. The van der Waals surface area contributed by atoms with E-state index in [4.69, 9.17) is 5.26 Å². The number of carbonyl (C=O) groups is 2. The first-order valence-electron chi connectivity index (χ1n) is 10.1. The molecule has 1 fully saturated rings. The number of fused-ring (bicyclic) bond motifs is 1. The highest BCUT2D eigenvalue weighted by molar-refractivity contribution is 5.95. The highest BCUT2D eigenvalue weighted by Gasteiger charge is 2.35. The van der Waals surface area contributed by atoms with E-state index in [-0.39, 0.29) is 23.9 Å². The Balaban J connectivity index is 1.31. The molecule has 2 aliphatic rings. The molecule has 0 spiro atoms. The maximum absolute atomic E-state index is 12.6. The minimum absolute atomic E-state index is 0.0579. The third kappa shape index (κ3) is 3.97. The summed E-state index contributed by atoms with van der Waals surface area (Å²) in [6, 6.07) is 9.58. The molecule has 29 heavy (non-hydrogen) atoms. The summed E-state index contributed by atoms with van der Waals surface area (Å²) < 4.78 is 0. The molecule has 1 aromatic heterocycles. The van der Waals surface area contributed by atoms with Crippen LogP contribution in [0.2, 0.25) is 0 Å². The van der Waals surface area contributed by atoms with Gasteiger partial charge in [0.15, 0.2) is 0 Å². The predicted octanol–water partition coefficient (Wildman–Crippen LogP) is 2.67. The number of hydrogen-bond donors (Lipinski definition) is 3. The summed E-state index contributed by atoms with van der Waals surface area (Å²) in [4.78, 5) is 29.7. The van der Waals surface area contributed by atoms with Crippen LogP contribution in [0.25, 0.3) is 0 Å². The number of aromatic amines is 1. The van der Waals surface area contributed by atoms with Crippen LogP contribution in [-0.4, -0.2) is 47.4 Å². The normalized spacial score (nSPS) is 20.3. The second kappa shape index (κ2) is 8.00. The van der Waals surface area contributed by atoms with Crippen LogP contribution in [-0.2, 0) is 6.42 Å². The van der Waals surface area contributed by atoms with E-state index in [1.54, 1.807) is 18.0 Å². The molecular formula is C22H25N5O2. The minimum atomic E-state index is -0.139. The summed E-state index contributed by atoms with van der Waals surface area (Å²) in [7, 11) is 1.76. The lowest BCUT2D eigenvalue weighted by molar-refractivity contribution is 0.0579. The van der Waals surface area contributed by atoms with Gasteiger partial charge in [-0.25, -0.2) is 0 Å². The summed E-state index contributed by atoms with van der Waals surface area (Å²) >= 11 is 0. The molecule has 7 nitrogen and oxygen atoms in total. The van der Waals surface area contributed by atoms with Crippen LogP contribution in [0.15, 0.2) is 30.5 Å². The van der Waals surface area contributed by atoms with Gasteiger partial charge in [0.1, 0.15) is 11.8 Å². The molecule has 1 aliphatic heterocycles. The van der Waals surface area contributed by atoms with Gasteiger partial charge in [0, 0.05) is 43.1 Å². The van der Waals surface area contributed by atoms with E-state index in [1.165, 1.54) is 11.8 Å². The number of aryl methyl sites for hydroxylation is 1. The monoisotopic (exact) mass is 391 g/mol. The number of carbonyl (C=O) groups excluding carboxylic acids is 2. The van der Waals surface area contributed by atoms with Crippen molar-refractivity contribution in [2.45, 2.75) is 44.2 Å². The molecule has 2 aromatic rings. The van der Waals surface area contributed by atoms with Crippen LogP contribution >= 0.6 is 0 Å². The minimum Gasteiger partial charge on any atom is -0.385 e. The number of anilines is 1. The lowest BCUT2D eigenvalue weighted by atomic mass is 9.85. The SMILES string of the molecule is CN(C(=O)c1cc(C#N)c[nH]1)C1CC(NC(=O)c2ccc3c(c2)CCCCN3)C1. The average molecular weight is 391 g/mol. The lowest BCUT2D eigenvalue weighted by Gasteiger charge is -2.41. The summed E-state index contributed by atoms with van der Waals surface area (Å²) in [5.41, 5.74) is 3.88. The van der Waals surface area contributed by atoms with E-state index in [2.05, 4.69) is 15.6 Å². The molecule has 4 rings (SSSR count). The molecule has 150 valence electrons. The largest absolute Gasteiger partial charge is 0.385 e. The van der Waals surface area contributed by atoms with Crippen LogP contribution in [0.4, 0.5) is 5.69 Å². The fourth-order valence-corrected chi connectivity index (χ4v) is 4.01. The van der Waals surface area contributed by atoms with Crippen molar-refractivity contribution in [3.8, 4) is 6.07 Å². The van der Waals surface area contributed by atoms with Gasteiger partial charge < -0.3 is 20.5 Å². The van der Waals surface area contributed by atoms with Crippen LogP contribution in [0.5, 0.6) is 0 Å². The Labute approximate surface area is 170 Å². The predicted molar refractivity (Wildman–Crippen MR) is 110 cm³/mol. The van der Waals surface area contributed by atoms with Gasteiger partial charge in [-0.15, -0.1) is 0 Å². The number of nitrogens with one attached hydrogen (secondary N) is 3. The molecule has 1 aliphatic carbocycles. The molecular weight excluding hydrogens is 366 g/mol. The van der Waals surface area contributed by atoms with Crippen LogP contribution in [0, 0.1) is 11.3 Å². The molecule has 2 amide bonds. The first kappa shape index (κ1) is 19.1. The molecule has 1 aromatic carbocycles. The number of nitrogens with zero attached hydrogens (tertiary/aromatic N) is 2. The van der Waals surface area contributed by atoms with Gasteiger partial charge in [-0.1, -0.05) is 0 Å². The summed E-state index contributed by atoms with van der Waals surface area (Å²) in [5.74, 6) is -0.197. The van der Waals surface area contributed by atoms with Crippen molar-refractivity contribution in [3.63, 3.8) is 0 Å². The zero-order valence-corrected chi connectivity index (χ0v) is 16.5. The smallest absolute Gasteiger partial charge is 0.270 e. The summed E-state index contributed by atoms with van der Waals surface area (Å²) in [6.07, 6.45) is 6.26. The van der Waals surface area contributed by atoms with Crippen LogP contribution in [0.1, 0.15) is 57.7 Å². The molecule has 3 N–H and O–H groups in total. The highest BCUT2D eigenvalue weighted by atomic mass is 16.2. The van der Waals surface area contributed by atoms with E-state index < -0.39 is 0 Å². The second-order valence-corrected chi connectivity index (χ2v) is 7.88. The Kier molecular flexibility index (Phi) is 5.26. The van der Waals surface area contributed by atoms with Gasteiger partial charge in [-0.3, -0.25) is 9.59 Å². The number of amides is 2. The standard InChI is InChI=1S/C22H25N5O2/c1-27(22(29)20-8-14(12-23)13-25-20)18-10-17(11-18)26-21(28)16-5-6-19-15(9-16)4-2-3-7-24-19/h5-6,8-9,13,17-18,24-25H,2-4,7,10-11H2,1H3,(H,26,28). The topological polar surface area (TPSA) is 101 Å². The van der Waals surface area contributed by atoms with Crippen molar-refractivity contribution < 1.29 is 9.59 Å². The number of benzene rings is 1. The molecule has 0 saturated heterocycles. The summed E-state index contributed by atoms with van der Waals surface area (Å²) in [6.45, 7) is 0.981. The molecule has 7 heteroatoms. The van der Waals surface area contributed by atoms with Crippen LogP contribution < -0.4 is 10.6 Å². The second-order valence-electron chi connectivity index (χ2n) is 7.88. The van der Waals surface area contributed by atoms with Gasteiger partial charge in [-0.05, 0) is 61.9 Å². The fourth-order valence-electron chi connectivity index (χ4n) is 4.01. The highest BCUT2D eigenvalue weighted by Crippen LogP contribution is 2.27. The maximum atomic E-state index is 12.6. The van der Waals surface area contributed by atoms with Gasteiger partial charge >= 0.3 is 0 Å². The zero-order chi connectivity index (χ0) is 20.4. The lowest BCUT2D eigenvalue weighted by Crippen LogP contribution is -2.54. The van der Waals surface area contributed by atoms with Crippen molar-refractivity contribution in [1.82, 2.24) is 15.2 Å². The Morgan fingerprint density at radius 1 is 1.24 bits per heavy atom. The Bertz CT molecular complexity index is 968. The van der Waals surface area contributed by atoms with Crippen molar-refractivity contribution in [2.24, 2.45) is 0 Å². The molecule has 0 bridgehead atoms. The quantitative estimate of drug-likeness (QED) is 0.746. The Morgan fingerprint density at radius 3 is 2.83 bits per heavy atom. The van der Waals surface area contributed by atoms with E-state index in [0.29, 0.717) is 16.8 Å². The van der Waals surface area contributed by atoms with Crippen LogP contribution in [0.3, 0.4) is 0 Å².